The summed E-state index contributed by atoms with van der Waals surface area (Å²) in [5.74, 6) is 2.46. The molecule has 0 radical (unpaired) electrons. The number of hydrogen-bond donors (Lipinski definition) is 1. The van der Waals surface area contributed by atoms with Crippen LogP contribution < -0.4 is 5.73 Å². The topological polar surface area (TPSA) is 86.3 Å². The molecule has 4 rings (SSSR count). The van der Waals surface area contributed by atoms with Crippen LogP contribution in [0.2, 0.25) is 0 Å². The molecule has 1 aliphatic heterocycles. The number of aromatic nitrogens is 3. The molecule has 32 heavy (non-hydrogen) atoms. The lowest BCUT2D eigenvalue weighted by Crippen LogP contribution is -2.39. The van der Waals surface area contributed by atoms with Crippen LogP contribution in [0.25, 0.3) is 21.9 Å². The van der Waals surface area contributed by atoms with Gasteiger partial charge in [-0.05, 0) is 49.8 Å². The van der Waals surface area contributed by atoms with Crippen molar-refractivity contribution in [2.75, 3.05) is 25.4 Å². The lowest BCUT2D eigenvalue weighted by molar-refractivity contribution is -0.133. The summed E-state index contributed by atoms with van der Waals surface area (Å²) in [5.41, 5.74) is 8.93. The summed E-state index contributed by atoms with van der Waals surface area (Å²) < 4.78 is 8.97. The first kappa shape index (κ1) is 23.0. The largest absolute Gasteiger partial charge is 0.382 e. The first-order valence-corrected chi connectivity index (χ1v) is 12.3. The summed E-state index contributed by atoms with van der Waals surface area (Å²) in [6.07, 6.45) is 2.60. The van der Waals surface area contributed by atoms with Crippen LogP contribution in [0.3, 0.4) is 0 Å². The number of rotatable bonds is 7. The lowest BCUT2D eigenvalue weighted by atomic mass is 9.95. The van der Waals surface area contributed by atoms with Crippen LogP contribution in [0, 0.1) is 11.8 Å². The molecule has 1 amide bonds. The molecule has 2 N–H and O–H groups in total. The van der Waals surface area contributed by atoms with E-state index >= 15 is 0 Å². The monoisotopic (exact) mass is 501 g/mol. The molecule has 0 saturated carbocycles. The SMILES string of the molecule is CCOCc1nc2c(N)nc3cc(Br)ccc3c2n1CC1CCN(C(=O)CC(C)C)CC1. The molecular weight excluding hydrogens is 470 g/mol. The number of piperidine rings is 1. The fourth-order valence-electron chi connectivity index (χ4n) is 4.53. The Morgan fingerprint density at radius 3 is 2.72 bits per heavy atom. The molecule has 0 aliphatic carbocycles. The van der Waals surface area contributed by atoms with Crippen LogP contribution in [0.4, 0.5) is 5.82 Å². The average molecular weight is 502 g/mol. The summed E-state index contributed by atoms with van der Waals surface area (Å²) in [7, 11) is 0. The van der Waals surface area contributed by atoms with E-state index in [1.165, 1.54) is 0 Å². The van der Waals surface area contributed by atoms with E-state index in [0.717, 1.165) is 64.7 Å². The van der Waals surface area contributed by atoms with E-state index in [2.05, 4.69) is 45.4 Å². The Hall–Kier alpha value is -2.19. The Morgan fingerprint density at radius 2 is 2.03 bits per heavy atom. The van der Waals surface area contributed by atoms with E-state index in [1.807, 2.05) is 24.0 Å². The fraction of sp³-hybridized carbons (Fsp3) is 0.542. The molecule has 1 fully saturated rings. The first-order chi connectivity index (χ1) is 15.4. The quantitative estimate of drug-likeness (QED) is 0.504. The van der Waals surface area contributed by atoms with Gasteiger partial charge in [0.25, 0.3) is 0 Å². The van der Waals surface area contributed by atoms with Gasteiger partial charge in [0.1, 0.15) is 17.9 Å². The van der Waals surface area contributed by atoms with Crippen LogP contribution in [0.15, 0.2) is 22.7 Å². The minimum Gasteiger partial charge on any atom is -0.382 e. The molecule has 0 bridgehead atoms. The van der Waals surface area contributed by atoms with Crippen LogP contribution >= 0.6 is 15.9 Å². The van der Waals surface area contributed by atoms with Crippen LogP contribution in [-0.2, 0) is 22.7 Å². The van der Waals surface area contributed by atoms with Crippen molar-refractivity contribution >= 4 is 49.6 Å². The molecule has 3 heterocycles. The van der Waals surface area contributed by atoms with Crippen LogP contribution in [-0.4, -0.2) is 45.0 Å². The third-order valence-electron chi connectivity index (χ3n) is 6.17. The molecule has 8 heteroatoms. The minimum atomic E-state index is 0.277. The molecule has 2 aromatic heterocycles. The van der Waals surface area contributed by atoms with Crippen LogP contribution in [0.5, 0.6) is 0 Å². The second kappa shape index (κ2) is 9.75. The standard InChI is InChI=1S/C24H32BrN5O2/c1-4-32-14-20-28-22-23(18-6-5-17(25)12-19(18)27-24(22)26)30(20)13-16-7-9-29(10-8-16)21(31)11-15(2)3/h5-6,12,15-16H,4,7-11,13-14H2,1-3H3,(H2,26,27). The zero-order valence-electron chi connectivity index (χ0n) is 19.1. The number of imidazole rings is 1. The van der Waals surface area contributed by atoms with E-state index in [0.29, 0.717) is 37.3 Å². The van der Waals surface area contributed by atoms with Gasteiger partial charge in [-0.15, -0.1) is 0 Å². The summed E-state index contributed by atoms with van der Waals surface area (Å²) in [5, 5.41) is 1.04. The summed E-state index contributed by atoms with van der Waals surface area (Å²) in [6, 6.07) is 6.09. The smallest absolute Gasteiger partial charge is 0.222 e. The van der Waals surface area contributed by atoms with E-state index in [4.69, 9.17) is 15.5 Å². The van der Waals surface area contributed by atoms with Gasteiger partial charge in [-0.3, -0.25) is 4.79 Å². The Labute approximate surface area is 197 Å². The molecule has 1 aromatic carbocycles. The number of anilines is 1. The van der Waals surface area contributed by atoms with Gasteiger partial charge in [-0.25, -0.2) is 9.97 Å². The second-order valence-corrected chi connectivity index (χ2v) is 9.97. The van der Waals surface area contributed by atoms with E-state index < -0.39 is 0 Å². The van der Waals surface area contributed by atoms with Gasteiger partial charge in [-0.1, -0.05) is 29.8 Å². The lowest BCUT2D eigenvalue weighted by Gasteiger charge is -2.33. The zero-order chi connectivity index (χ0) is 22.8. The third-order valence-corrected chi connectivity index (χ3v) is 6.66. The van der Waals surface area contributed by atoms with Crippen molar-refractivity contribution in [1.82, 2.24) is 19.4 Å². The number of halogens is 1. The van der Waals surface area contributed by atoms with E-state index in [9.17, 15) is 4.79 Å². The summed E-state index contributed by atoms with van der Waals surface area (Å²) >= 11 is 3.54. The molecule has 1 aliphatic rings. The number of benzene rings is 1. The molecule has 7 nitrogen and oxygen atoms in total. The fourth-order valence-corrected chi connectivity index (χ4v) is 4.88. The highest BCUT2D eigenvalue weighted by Gasteiger charge is 2.26. The third kappa shape index (κ3) is 4.76. The van der Waals surface area contributed by atoms with Gasteiger partial charge in [0.05, 0.1) is 11.0 Å². The normalized spacial score (nSPS) is 15.3. The molecule has 3 aromatic rings. The molecule has 172 valence electrons. The number of nitrogens with two attached hydrogens (primary N) is 1. The highest BCUT2D eigenvalue weighted by molar-refractivity contribution is 9.10. The highest BCUT2D eigenvalue weighted by atomic mass is 79.9. The Kier molecular flexibility index (Phi) is 7.00. The van der Waals surface area contributed by atoms with Gasteiger partial charge in [0.15, 0.2) is 5.82 Å². The number of carbonyl (C=O) groups excluding carboxylic acids is 1. The average Bonchev–Trinajstić information content (AvgIpc) is 3.11. The number of likely N-dealkylation sites (tertiary alicyclic amines) is 1. The Bertz CT molecular complexity index is 1120. The number of hydrogen-bond acceptors (Lipinski definition) is 5. The molecule has 1 saturated heterocycles. The van der Waals surface area contributed by atoms with Gasteiger partial charge >= 0.3 is 0 Å². The van der Waals surface area contributed by atoms with Crippen molar-refractivity contribution in [3.8, 4) is 0 Å². The Balaban J connectivity index is 1.65. The van der Waals surface area contributed by atoms with Crippen molar-refractivity contribution < 1.29 is 9.53 Å². The summed E-state index contributed by atoms with van der Waals surface area (Å²) in [4.78, 5) is 23.9. The number of nitrogens with zero attached hydrogens (tertiary/aromatic N) is 4. The minimum absolute atomic E-state index is 0.277. The van der Waals surface area contributed by atoms with Gasteiger partial charge in [-0.2, -0.15) is 0 Å². The van der Waals surface area contributed by atoms with Crippen molar-refractivity contribution in [3.63, 3.8) is 0 Å². The number of nitrogen functional groups attached to an aromatic ring is 1. The first-order valence-electron chi connectivity index (χ1n) is 11.5. The van der Waals surface area contributed by atoms with Crippen molar-refractivity contribution in [3.05, 3.63) is 28.5 Å². The Morgan fingerprint density at radius 1 is 1.28 bits per heavy atom. The predicted octanol–water partition coefficient (Wildman–Crippen LogP) is 4.75. The molecule has 0 spiro atoms. The molecule has 0 unspecified atom stereocenters. The second-order valence-electron chi connectivity index (χ2n) is 9.05. The van der Waals surface area contributed by atoms with Gasteiger partial charge in [0.2, 0.25) is 5.91 Å². The van der Waals surface area contributed by atoms with Crippen LogP contribution in [0.1, 0.15) is 45.9 Å². The highest BCUT2D eigenvalue weighted by Crippen LogP contribution is 2.32. The van der Waals surface area contributed by atoms with Crippen molar-refractivity contribution in [2.24, 2.45) is 11.8 Å². The maximum absolute atomic E-state index is 12.5. The molecular formula is C24H32BrN5O2. The maximum Gasteiger partial charge on any atom is 0.222 e. The zero-order valence-corrected chi connectivity index (χ0v) is 20.7. The number of carbonyl (C=O) groups is 1. The maximum atomic E-state index is 12.5. The van der Waals surface area contributed by atoms with Gasteiger partial charge in [0, 0.05) is 42.5 Å². The number of ether oxygens (including phenoxy) is 1. The van der Waals surface area contributed by atoms with Gasteiger partial charge < -0.3 is 19.9 Å². The van der Waals surface area contributed by atoms with E-state index in [-0.39, 0.29) is 5.91 Å². The van der Waals surface area contributed by atoms with Crippen molar-refractivity contribution in [2.45, 2.75) is 53.2 Å². The number of fused-ring (bicyclic) bond motifs is 3. The van der Waals surface area contributed by atoms with E-state index in [1.54, 1.807) is 0 Å². The predicted molar refractivity (Wildman–Crippen MR) is 131 cm³/mol. The summed E-state index contributed by atoms with van der Waals surface area (Å²) in [6.45, 7) is 9.72. The number of pyridine rings is 1. The van der Waals surface area contributed by atoms with Crippen molar-refractivity contribution in [1.29, 1.82) is 0 Å². The molecule has 0 atom stereocenters. The number of amides is 1.